The number of fused-ring (bicyclic) bond motifs is 3. The quantitative estimate of drug-likeness (QED) is 0.728. The second-order valence-corrected chi connectivity index (χ2v) is 9.06. The van der Waals surface area contributed by atoms with Crippen LogP contribution in [0.3, 0.4) is 0 Å². The third-order valence-corrected chi connectivity index (χ3v) is 7.20. The first-order chi connectivity index (χ1) is 15.5. The van der Waals surface area contributed by atoms with Gasteiger partial charge in [-0.1, -0.05) is 55.0 Å². The van der Waals surface area contributed by atoms with Crippen LogP contribution in [0.5, 0.6) is 0 Å². The number of hydrogen-bond donors (Lipinski definition) is 2. The van der Waals surface area contributed by atoms with Crippen LogP contribution in [0.15, 0.2) is 48.5 Å². The smallest absolute Gasteiger partial charge is 0.407 e. The number of likely N-dealkylation sites (tertiary alicyclic amines) is 1. The number of benzene rings is 2. The van der Waals surface area contributed by atoms with Crippen LogP contribution >= 0.6 is 0 Å². The highest BCUT2D eigenvalue weighted by molar-refractivity contribution is 5.87. The summed E-state index contributed by atoms with van der Waals surface area (Å²) in [6, 6.07) is 16.3. The summed E-state index contributed by atoms with van der Waals surface area (Å²) in [6.45, 7) is 0.950. The zero-order valence-electron chi connectivity index (χ0n) is 17.8. The third kappa shape index (κ3) is 3.42. The van der Waals surface area contributed by atoms with E-state index < -0.39 is 23.4 Å². The van der Waals surface area contributed by atoms with Crippen molar-refractivity contribution >= 4 is 18.0 Å². The molecule has 1 heterocycles. The maximum absolute atomic E-state index is 12.9. The van der Waals surface area contributed by atoms with Crippen LogP contribution in [0.2, 0.25) is 0 Å². The minimum atomic E-state index is -0.867. The van der Waals surface area contributed by atoms with Crippen LogP contribution in [0, 0.1) is 11.3 Å². The van der Waals surface area contributed by atoms with Gasteiger partial charge in [0, 0.05) is 25.6 Å². The summed E-state index contributed by atoms with van der Waals surface area (Å²) in [5.74, 6) is -1.42. The van der Waals surface area contributed by atoms with Gasteiger partial charge in [-0.2, -0.15) is 0 Å². The molecule has 1 saturated carbocycles. The van der Waals surface area contributed by atoms with Crippen molar-refractivity contribution in [2.45, 2.75) is 25.2 Å². The van der Waals surface area contributed by atoms with E-state index in [1.165, 1.54) is 11.1 Å². The van der Waals surface area contributed by atoms with Gasteiger partial charge in [0.25, 0.3) is 0 Å². The Balaban J connectivity index is 1.18. The number of amides is 2. The number of alkyl carbamates (subject to hydrolysis) is 1. The van der Waals surface area contributed by atoms with Gasteiger partial charge in [0.05, 0.1) is 11.3 Å². The second-order valence-electron chi connectivity index (χ2n) is 9.06. The van der Waals surface area contributed by atoms with Crippen LogP contribution in [0.4, 0.5) is 4.79 Å². The number of nitrogens with zero attached hydrogens (tertiary/aromatic N) is 1. The molecule has 2 amide bonds. The first-order valence-electron chi connectivity index (χ1n) is 11.1. The van der Waals surface area contributed by atoms with Crippen molar-refractivity contribution < 1.29 is 24.2 Å². The first-order valence-corrected chi connectivity index (χ1v) is 11.1. The maximum Gasteiger partial charge on any atom is 0.407 e. The van der Waals surface area contributed by atoms with Gasteiger partial charge in [0.1, 0.15) is 6.61 Å². The highest BCUT2D eigenvalue weighted by Crippen LogP contribution is 2.45. The fraction of sp³-hybridized carbons (Fsp3) is 0.400. The Morgan fingerprint density at radius 1 is 1.00 bits per heavy atom. The predicted molar refractivity (Wildman–Crippen MR) is 117 cm³/mol. The van der Waals surface area contributed by atoms with Gasteiger partial charge in [0.15, 0.2) is 0 Å². The molecule has 32 heavy (non-hydrogen) atoms. The number of nitrogens with one attached hydrogen (secondary N) is 1. The van der Waals surface area contributed by atoms with Gasteiger partial charge < -0.3 is 20.1 Å². The first kappa shape index (κ1) is 20.5. The van der Waals surface area contributed by atoms with E-state index in [1.807, 2.05) is 24.3 Å². The number of carbonyl (C=O) groups excluding carboxylic acids is 2. The molecular weight excluding hydrogens is 408 g/mol. The van der Waals surface area contributed by atoms with Gasteiger partial charge in [-0.25, -0.2) is 4.79 Å². The zero-order chi connectivity index (χ0) is 22.3. The number of carboxylic acid groups (broad SMARTS) is 1. The van der Waals surface area contributed by atoms with Crippen molar-refractivity contribution in [1.82, 2.24) is 10.2 Å². The van der Waals surface area contributed by atoms with Crippen molar-refractivity contribution in [3.05, 3.63) is 59.7 Å². The van der Waals surface area contributed by atoms with E-state index in [0.29, 0.717) is 12.8 Å². The van der Waals surface area contributed by atoms with Gasteiger partial charge in [0.2, 0.25) is 5.91 Å². The van der Waals surface area contributed by atoms with Crippen LogP contribution in [0.25, 0.3) is 11.1 Å². The molecule has 2 fully saturated rings. The van der Waals surface area contributed by atoms with Crippen molar-refractivity contribution in [3.8, 4) is 11.1 Å². The number of ether oxygens (including phenoxy) is 1. The van der Waals surface area contributed by atoms with E-state index in [4.69, 9.17) is 9.84 Å². The molecule has 5 rings (SSSR count). The van der Waals surface area contributed by atoms with Crippen LogP contribution in [-0.2, 0) is 14.3 Å². The Hall–Kier alpha value is -3.35. The number of carbonyl (C=O) groups is 3. The van der Waals surface area contributed by atoms with E-state index in [2.05, 4.69) is 29.6 Å². The molecular formula is C25H26N2O5. The Morgan fingerprint density at radius 2 is 1.59 bits per heavy atom. The third-order valence-electron chi connectivity index (χ3n) is 7.20. The molecule has 2 aromatic carbocycles. The summed E-state index contributed by atoms with van der Waals surface area (Å²) in [5, 5.41) is 11.8. The molecule has 0 aromatic heterocycles. The lowest BCUT2D eigenvalue weighted by Crippen LogP contribution is -2.61. The summed E-state index contributed by atoms with van der Waals surface area (Å²) >= 11 is 0. The average molecular weight is 434 g/mol. The molecule has 2 N–H and O–H groups in total. The summed E-state index contributed by atoms with van der Waals surface area (Å²) in [6.07, 6.45) is 1.79. The molecule has 7 heteroatoms. The lowest BCUT2D eigenvalue weighted by atomic mass is 9.67. The Kier molecular flexibility index (Phi) is 5.12. The SMILES string of the molecule is O=C(NCC1(C(=O)N2CC(C(=O)O)C2)CCC1)OCC1c2ccccc2-c2ccccc21. The molecule has 0 bridgehead atoms. The molecule has 7 nitrogen and oxygen atoms in total. The molecule has 0 atom stereocenters. The molecule has 2 aromatic rings. The van der Waals surface area contributed by atoms with Gasteiger partial charge in [-0.15, -0.1) is 0 Å². The average Bonchev–Trinajstić information content (AvgIpc) is 3.04. The number of rotatable bonds is 6. The largest absolute Gasteiger partial charge is 0.481 e. The Labute approximate surface area is 186 Å². The van der Waals surface area contributed by atoms with E-state index in [9.17, 15) is 14.4 Å². The lowest BCUT2D eigenvalue weighted by Gasteiger charge is -2.47. The lowest BCUT2D eigenvalue weighted by molar-refractivity contribution is -0.161. The molecule has 2 aliphatic carbocycles. The van der Waals surface area contributed by atoms with Crippen molar-refractivity contribution in [2.24, 2.45) is 11.3 Å². The molecule has 0 unspecified atom stereocenters. The van der Waals surface area contributed by atoms with Crippen molar-refractivity contribution in [3.63, 3.8) is 0 Å². The monoisotopic (exact) mass is 434 g/mol. The molecule has 0 radical (unpaired) electrons. The Morgan fingerprint density at radius 3 is 2.12 bits per heavy atom. The predicted octanol–water partition coefficient (Wildman–Crippen LogP) is 3.24. The maximum atomic E-state index is 12.9. The van der Waals surface area contributed by atoms with Gasteiger partial charge >= 0.3 is 12.1 Å². The summed E-state index contributed by atoms with van der Waals surface area (Å²) in [5.41, 5.74) is 4.01. The minimum absolute atomic E-state index is 0.0125. The fourth-order valence-corrected chi connectivity index (χ4v) is 5.10. The minimum Gasteiger partial charge on any atom is -0.481 e. The highest BCUT2D eigenvalue weighted by atomic mass is 16.5. The van der Waals surface area contributed by atoms with Crippen LogP contribution < -0.4 is 5.32 Å². The summed E-state index contributed by atoms with van der Waals surface area (Å²) in [7, 11) is 0. The van der Waals surface area contributed by atoms with Gasteiger partial charge in [-0.05, 0) is 35.1 Å². The molecule has 3 aliphatic rings. The Bertz CT molecular complexity index is 1030. The topological polar surface area (TPSA) is 95.9 Å². The molecule has 1 saturated heterocycles. The van der Waals surface area contributed by atoms with Crippen molar-refractivity contribution in [1.29, 1.82) is 0 Å². The van der Waals surface area contributed by atoms with Crippen molar-refractivity contribution in [2.75, 3.05) is 26.2 Å². The van der Waals surface area contributed by atoms with E-state index in [0.717, 1.165) is 17.5 Å². The van der Waals surface area contributed by atoms with Crippen LogP contribution in [-0.4, -0.2) is 54.2 Å². The number of carboxylic acids is 1. The molecule has 0 spiro atoms. The number of aliphatic carboxylic acids is 1. The molecule has 1 aliphatic heterocycles. The summed E-state index contributed by atoms with van der Waals surface area (Å²) in [4.78, 5) is 38.0. The van der Waals surface area contributed by atoms with E-state index in [1.54, 1.807) is 4.90 Å². The highest BCUT2D eigenvalue weighted by Gasteiger charge is 2.50. The second kappa shape index (κ2) is 7.97. The normalized spacial score (nSPS) is 18.7. The van der Waals surface area contributed by atoms with E-state index >= 15 is 0 Å². The number of hydrogen-bond acceptors (Lipinski definition) is 4. The zero-order valence-corrected chi connectivity index (χ0v) is 17.8. The fourth-order valence-electron chi connectivity index (χ4n) is 5.10. The van der Waals surface area contributed by atoms with E-state index in [-0.39, 0.29) is 38.1 Å². The standard InChI is InChI=1S/C25H26N2O5/c28-22(29)16-12-27(13-16)23(30)25(10-5-11-25)15-26-24(31)32-14-21-19-8-3-1-6-17(19)18-7-2-4-9-20(18)21/h1-4,6-9,16,21H,5,10-15H2,(H,26,31)(H,28,29). The van der Waals surface area contributed by atoms with Crippen LogP contribution in [0.1, 0.15) is 36.3 Å². The molecule has 166 valence electrons. The summed E-state index contributed by atoms with van der Waals surface area (Å²) < 4.78 is 5.58. The van der Waals surface area contributed by atoms with Gasteiger partial charge in [-0.3, -0.25) is 9.59 Å².